The van der Waals surface area contributed by atoms with Gasteiger partial charge in [0.15, 0.2) is 0 Å². The van der Waals surface area contributed by atoms with E-state index in [0.29, 0.717) is 25.3 Å². The number of nitrogens with zero attached hydrogens (tertiary/aromatic N) is 3. The van der Waals surface area contributed by atoms with Crippen LogP contribution in [0.3, 0.4) is 0 Å². The molecule has 0 aromatic rings. The van der Waals surface area contributed by atoms with Crippen molar-refractivity contribution in [3.63, 3.8) is 0 Å². The predicted molar refractivity (Wildman–Crippen MR) is 123 cm³/mol. The number of carbonyl (C=O) groups excluding carboxylic acids is 3. The summed E-state index contributed by atoms with van der Waals surface area (Å²) in [6, 6.07) is -0.926. The molecule has 0 saturated heterocycles. The van der Waals surface area contributed by atoms with Crippen LogP contribution in [0.5, 0.6) is 0 Å². The number of guanidine groups is 1. The number of likely N-dealkylation sites (N-methyl/N-ethyl adjacent to an activating group) is 1. The van der Waals surface area contributed by atoms with Crippen LogP contribution >= 0.6 is 29.9 Å². The zero-order valence-corrected chi connectivity index (χ0v) is 23.4. The average Bonchev–Trinajstić information content (AvgIpc) is 2.66. The third-order valence-corrected chi connectivity index (χ3v) is 8.03. The Morgan fingerprint density at radius 2 is 2.00 bits per heavy atom. The standard InChI is InChI=1S/C14H28N8O4S.HI.Pb/c1-9(22(3)27-21-26)7-19-13(25)11(5-4-6-17-14(15)16)20-12(24)8-18-10(2)23;;/h9,11H,4-8H2,1-3H3,(H7,15,16,17,18,19,20,23,24,25);1H;/q;;+2/p-2. The number of rotatable bonds is 14. The van der Waals surface area contributed by atoms with Gasteiger partial charge in [-0.15, -0.1) is 4.91 Å². The van der Waals surface area contributed by atoms with Crippen molar-refractivity contribution in [3.8, 4) is 0 Å². The first-order valence-corrected chi connectivity index (χ1v) is 22.3. The fraction of sp³-hybridized carbons (Fsp3) is 0.714. The van der Waals surface area contributed by atoms with Crippen LogP contribution in [0.2, 0.25) is 0 Å². The van der Waals surface area contributed by atoms with Gasteiger partial charge in [-0.25, -0.2) is 0 Å². The van der Waals surface area contributed by atoms with Gasteiger partial charge < -0.3 is 0 Å². The summed E-state index contributed by atoms with van der Waals surface area (Å²) in [4.78, 5) is 50.0. The number of halogens is 1. The Kier molecular flexibility index (Phi) is 16.5. The van der Waals surface area contributed by atoms with Gasteiger partial charge in [0.25, 0.3) is 0 Å². The number of nitrogens with two attached hydrogens (primary N) is 1. The molecule has 0 aromatic carbocycles. The zero-order chi connectivity index (χ0) is 22.2. The molecular formula is C14H27IN8O4PbS. The van der Waals surface area contributed by atoms with E-state index in [1.54, 1.807) is 11.4 Å². The topological polar surface area (TPSA) is 170 Å². The van der Waals surface area contributed by atoms with E-state index in [0.717, 1.165) is 12.1 Å². The summed E-state index contributed by atoms with van der Waals surface area (Å²) in [6.07, 6.45) is 0.895. The van der Waals surface area contributed by atoms with E-state index >= 15 is 0 Å². The SMILES string of the molecule is CC(=O)NCC(=O)NC(CCCN=C(N)[NH][Pb][I])C(=O)NCC(C)N(C)SN=O. The van der Waals surface area contributed by atoms with Crippen molar-refractivity contribution in [2.75, 3.05) is 26.7 Å². The normalized spacial score (nSPS) is 13.3. The molecule has 3 amide bonds. The fourth-order valence-corrected chi connectivity index (χ4v) is 5.38. The first kappa shape index (κ1) is 28.2. The van der Waals surface area contributed by atoms with Gasteiger partial charge in [-0.1, -0.05) is 0 Å². The summed E-state index contributed by atoms with van der Waals surface area (Å²) < 4.78 is 7.40. The van der Waals surface area contributed by atoms with E-state index in [-0.39, 0.29) is 30.9 Å². The minimum atomic E-state index is -0.913. The molecule has 0 rings (SSSR count). The molecule has 2 atom stereocenters. The van der Waals surface area contributed by atoms with Crippen LogP contribution in [0.4, 0.5) is 0 Å². The molecule has 12 nitrogen and oxygen atoms in total. The maximum atomic E-state index is 12.5. The molecule has 6 N–H and O–H groups in total. The minimum Gasteiger partial charge on any atom is -0.136 e. The molecule has 0 aliphatic rings. The second-order valence-corrected chi connectivity index (χ2v) is 13.3. The van der Waals surface area contributed by atoms with Crippen LogP contribution in [0, 0.1) is 4.91 Å². The van der Waals surface area contributed by atoms with Crippen LogP contribution in [-0.4, -0.2) is 87.0 Å². The van der Waals surface area contributed by atoms with Gasteiger partial charge in [-0.3, -0.25) is 4.79 Å². The van der Waals surface area contributed by atoms with Crippen LogP contribution in [0.15, 0.2) is 9.57 Å². The van der Waals surface area contributed by atoms with E-state index in [1.165, 1.54) is 6.92 Å². The second kappa shape index (κ2) is 17.0. The van der Waals surface area contributed by atoms with Crippen LogP contribution < -0.4 is 24.8 Å². The van der Waals surface area contributed by atoms with E-state index in [1.807, 2.05) is 6.92 Å². The van der Waals surface area contributed by atoms with Gasteiger partial charge in [-0.2, -0.15) is 0 Å². The fourth-order valence-electron chi connectivity index (χ4n) is 1.93. The van der Waals surface area contributed by atoms with Crippen molar-refractivity contribution in [2.45, 2.75) is 38.8 Å². The predicted octanol–water partition coefficient (Wildman–Crippen LogP) is -0.973. The minimum absolute atomic E-state index is 0.146. The summed E-state index contributed by atoms with van der Waals surface area (Å²) in [7, 11) is 1.69. The summed E-state index contributed by atoms with van der Waals surface area (Å²) in [6.45, 7) is 3.61. The summed E-state index contributed by atoms with van der Waals surface area (Å²) in [5.74, 6) is -0.758. The van der Waals surface area contributed by atoms with Gasteiger partial charge in [0.2, 0.25) is 0 Å². The number of aliphatic imine (C=N–C) groups is 1. The van der Waals surface area contributed by atoms with Gasteiger partial charge in [0.1, 0.15) is 12.1 Å². The molecule has 15 heteroatoms. The van der Waals surface area contributed by atoms with Crippen molar-refractivity contribution < 1.29 is 14.4 Å². The van der Waals surface area contributed by atoms with Crippen molar-refractivity contribution >= 4 is 73.8 Å². The Labute approximate surface area is 196 Å². The smallest absolute Gasteiger partial charge is 0.136 e. The van der Waals surface area contributed by atoms with Gasteiger partial charge in [0, 0.05) is 11.5 Å². The molecule has 0 spiro atoms. The number of hydrogen-bond acceptors (Lipinski definition) is 8. The van der Waals surface area contributed by atoms with Crippen LogP contribution in [0.1, 0.15) is 26.7 Å². The third kappa shape index (κ3) is 14.8. The quantitative estimate of drug-likeness (QED) is 0.0289. The summed E-state index contributed by atoms with van der Waals surface area (Å²) in [5, 5.41) is 7.77. The molecule has 164 valence electrons. The number of nitrogens with one attached hydrogen (secondary N) is 4. The summed E-state index contributed by atoms with van der Waals surface area (Å²) >= 11 is 2.14. The van der Waals surface area contributed by atoms with E-state index in [9.17, 15) is 19.3 Å². The average molecular weight is 738 g/mol. The Hall–Kier alpha value is -0.758. The summed E-state index contributed by atoms with van der Waals surface area (Å²) in [5.41, 5.74) is 5.70. The number of carbonyl (C=O) groups is 3. The van der Waals surface area contributed by atoms with Gasteiger partial charge in [0.05, 0.1) is 0 Å². The van der Waals surface area contributed by atoms with Crippen LogP contribution in [0.25, 0.3) is 0 Å². The van der Waals surface area contributed by atoms with E-state index < -0.39 is 32.2 Å². The Morgan fingerprint density at radius 1 is 1.31 bits per heavy atom. The molecule has 2 unspecified atom stereocenters. The molecule has 0 bridgehead atoms. The van der Waals surface area contributed by atoms with E-state index in [4.69, 9.17) is 5.73 Å². The number of hydrogen-bond donors (Lipinski definition) is 5. The molecule has 29 heavy (non-hydrogen) atoms. The molecule has 0 aliphatic heterocycles. The first-order valence-electron chi connectivity index (χ1n) is 8.66. The number of amides is 3. The molecule has 0 fully saturated rings. The third-order valence-electron chi connectivity index (χ3n) is 3.61. The van der Waals surface area contributed by atoms with Crippen LogP contribution in [-0.2, 0) is 14.4 Å². The molecule has 0 aromatic heterocycles. The van der Waals surface area contributed by atoms with Gasteiger partial charge in [-0.05, 0) is 7.05 Å². The Balaban J connectivity index is 4.76. The first-order chi connectivity index (χ1) is 13.7. The molecule has 0 heterocycles. The van der Waals surface area contributed by atoms with Crippen molar-refractivity contribution in [1.82, 2.24) is 23.4 Å². The second-order valence-electron chi connectivity index (χ2n) is 5.96. The Morgan fingerprint density at radius 3 is 2.59 bits per heavy atom. The zero-order valence-electron chi connectivity index (χ0n) is 16.5. The molecular weight excluding hydrogens is 710 g/mol. The molecule has 0 aliphatic carbocycles. The van der Waals surface area contributed by atoms with Crippen molar-refractivity contribution in [3.05, 3.63) is 4.91 Å². The monoisotopic (exact) mass is 738 g/mol. The van der Waals surface area contributed by atoms with Gasteiger partial charge >= 0.3 is 157 Å². The van der Waals surface area contributed by atoms with E-state index in [2.05, 4.69) is 46.4 Å². The molecule has 2 radical (unpaired) electrons. The number of nitroso groups, excluding NO2 is 1. The van der Waals surface area contributed by atoms with Crippen molar-refractivity contribution in [1.29, 1.82) is 0 Å². The Bertz CT molecular complexity index is 586. The molecule has 0 saturated carbocycles. The van der Waals surface area contributed by atoms with Crippen molar-refractivity contribution in [2.24, 2.45) is 15.3 Å². The maximum absolute atomic E-state index is 12.5.